The van der Waals surface area contributed by atoms with Gasteiger partial charge in [0.15, 0.2) is 0 Å². The maximum Gasteiger partial charge on any atom is 0.252 e. The van der Waals surface area contributed by atoms with Crippen LogP contribution in [0, 0.1) is 18.8 Å². The van der Waals surface area contributed by atoms with E-state index in [9.17, 15) is 4.79 Å². The van der Waals surface area contributed by atoms with Gasteiger partial charge in [0, 0.05) is 23.5 Å². The zero-order valence-electron chi connectivity index (χ0n) is 10.7. The number of carbonyl (C=O) groups excluding carboxylic acids is 1. The predicted octanol–water partition coefficient (Wildman–Crippen LogP) is 2.17. The van der Waals surface area contributed by atoms with Gasteiger partial charge in [0.1, 0.15) is 0 Å². The summed E-state index contributed by atoms with van der Waals surface area (Å²) in [6.45, 7) is 2.31. The van der Waals surface area contributed by atoms with Crippen molar-refractivity contribution in [2.75, 3.05) is 6.54 Å². The maximum atomic E-state index is 11.8. The van der Waals surface area contributed by atoms with Crippen LogP contribution in [0.15, 0.2) is 48.8 Å². The highest BCUT2D eigenvalue weighted by molar-refractivity contribution is 5.94. The van der Waals surface area contributed by atoms with Crippen LogP contribution in [0.1, 0.15) is 21.5 Å². The summed E-state index contributed by atoms with van der Waals surface area (Å²) >= 11 is 0. The third-order valence-corrected chi connectivity index (χ3v) is 2.55. The van der Waals surface area contributed by atoms with Gasteiger partial charge >= 0.3 is 0 Å². The van der Waals surface area contributed by atoms with Gasteiger partial charge < -0.3 is 5.32 Å². The van der Waals surface area contributed by atoms with Gasteiger partial charge in [0.25, 0.3) is 5.91 Å². The molecule has 1 aromatic carbocycles. The molecule has 3 nitrogen and oxygen atoms in total. The molecule has 0 radical (unpaired) electrons. The molecule has 0 saturated carbocycles. The van der Waals surface area contributed by atoms with Crippen LogP contribution < -0.4 is 5.32 Å². The van der Waals surface area contributed by atoms with E-state index >= 15 is 0 Å². The fraction of sp³-hybridized carbons (Fsp3) is 0.125. The highest BCUT2D eigenvalue weighted by Gasteiger charge is 2.02. The lowest BCUT2D eigenvalue weighted by Crippen LogP contribution is -2.23. The van der Waals surface area contributed by atoms with E-state index in [0.717, 1.165) is 11.1 Å². The van der Waals surface area contributed by atoms with Crippen molar-refractivity contribution in [2.24, 2.45) is 0 Å². The summed E-state index contributed by atoms with van der Waals surface area (Å²) in [6, 6.07) is 11.1. The number of nitrogens with zero attached hydrogens (tertiary/aromatic N) is 1. The summed E-state index contributed by atoms with van der Waals surface area (Å²) in [5, 5.41) is 2.76. The first-order chi connectivity index (χ1) is 9.25. The van der Waals surface area contributed by atoms with Crippen molar-refractivity contribution in [2.45, 2.75) is 6.92 Å². The minimum absolute atomic E-state index is 0.111. The summed E-state index contributed by atoms with van der Waals surface area (Å²) in [5.41, 5.74) is 2.62. The topological polar surface area (TPSA) is 42.0 Å². The van der Waals surface area contributed by atoms with E-state index in [0.29, 0.717) is 12.1 Å². The largest absolute Gasteiger partial charge is 0.341 e. The molecule has 2 aromatic rings. The lowest BCUT2D eigenvalue weighted by molar-refractivity contribution is 0.0958. The van der Waals surface area contributed by atoms with Crippen molar-refractivity contribution < 1.29 is 4.79 Å². The van der Waals surface area contributed by atoms with Crippen LogP contribution in [0.4, 0.5) is 0 Å². The molecule has 1 heterocycles. The first-order valence-corrected chi connectivity index (χ1v) is 5.99. The molecule has 94 valence electrons. The molecule has 19 heavy (non-hydrogen) atoms. The Morgan fingerprint density at radius 1 is 1.26 bits per heavy atom. The first kappa shape index (κ1) is 12.8. The molecule has 0 aliphatic heterocycles. The Hall–Kier alpha value is -2.60. The number of rotatable bonds is 2. The van der Waals surface area contributed by atoms with E-state index in [4.69, 9.17) is 0 Å². The molecule has 1 amide bonds. The second-order valence-corrected chi connectivity index (χ2v) is 4.09. The third-order valence-electron chi connectivity index (χ3n) is 2.55. The number of aromatic nitrogens is 1. The number of hydrogen-bond donors (Lipinski definition) is 1. The van der Waals surface area contributed by atoms with Gasteiger partial charge in [-0.05, 0) is 31.2 Å². The van der Waals surface area contributed by atoms with Crippen LogP contribution in [0.25, 0.3) is 0 Å². The monoisotopic (exact) mass is 250 g/mol. The van der Waals surface area contributed by atoms with Crippen molar-refractivity contribution in [3.8, 4) is 11.8 Å². The molecule has 1 N–H and O–H groups in total. The first-order valence-electron chi connectivity index (χ1n) is 5.99. The van der Waals surface area contributed by atoms with Crippen LogP contribution >= 0.6 is 0 Å². The molecule has 0 aliphatic rings. The Balaban J connectivity index is 1.88. The zero-order chi connectivity index (χ0) is 13.5. The molecule has 2 rings (SSSR count). The smallest absolute Gasteiger partial charge is 0.252 e. The Kier molecular flexibility index (Phi) is 4.30. The molecule has 0 spiro atoms. The van der Waals surface area contributed by atoms with Gasteiger partial charge in [0.05, 0.1) is 6.54 Å². The highest BCUT2D eigenvalue weighted by Crippen LogP contribution is 2.02. The molecule has 0 atom stereocenters. The molecule has 0 bridgehead atoms. The Morgan fingerprint density at radius 3 is 2.74 bits per heavy atom. The van der Waals surface area contributed by atoms with E-state index < -0.39 is 0 Å². The number of carbonyl (C=O) groups is 1. The van der Waals surface area contributed by atoms with Gasteiger partial charge in [-0.2, -0.15) is 0 Å². The quantitative estimate of drug-likeness (QED) is 0.830. The SMILES string of the molecule is Cc1ccc(C(=O)NCC#Cc2cccnc2)cc1. The van der Waals surface area contributed by atoms with Gasteiger partial charge in [-0.3, -0.25) is 9.78 Å². The van der Waals surface area contributed by atoms with Gasteiger partial charge in [-0.1, -0.05) is 29.5 Å². The van der Waals surface area contributed by atoms with E-state index in [-0.39, 0.29) is 5.91 Å². The van der Waals surface area contributed by atoms with Gasteiger partial charge in [-0.15, -0.1) is 0 Å². The average molecular weight is 250 g/mol. The number of hydrogen-bond acceptors (Lipinski definition) is 2. The van der Waals surface area contributed by atoms with Crippen LogP contribution in [0.5, 0.6) is 0 Å². The molecule has 0 unspecified atom stereocenters. The molecule has 0 saturated heterocycles. The summed E-state index contributed by atoms with van der Waals surface area (Å²) in [6.07, 6.45) is 3.39. The van der Waals surface area contributed by atoms with Crippen LogP contribution in [-0.2, 0) is 0 Å². The summed E-state index contributed by atoms with van der Waals surface area (Å²) in [5.74, 6) is 5.71. The fourth-order valence-corrected chi connectivity index (χ4v) is 1.51. The average Bonchev–Trinajstić information content (AvgIpc) is 2.45. The molecular weight excluding hydrogens is 236 g/mol. The van der Waals surface area contributed by atoms with Crippen molar-refractivity contribution in [1.82, 2.24) is 10.3 Å². The number of nitrogens with one attached hydrogen (secondary N) is 1. The van der Waals surface area contributed by atoms with Crippen LogP contribution in [0.3, 0.4) is 0 Å². The minimum Gasteiger partial charge on any atom is -0.341 e. The van der Waals surface area contributed by atoms with Crippen molar-refractivity contribution in [3.63, 3.8) is 0 Å². The Bertz CT molecular complexity index is 607. The second kappa shape index (κ2) is 6.36. The van der Waals surface area contributed by atoms with Gasteiger partial charge in [0.2, 0.25) is 0 Å². The van der Waals surface area contributed by atoms with Crippen molar-refractivity contribution in [1.29, 1.82) is 0 Å². The van der Waals surface area contributed by atoms with E-state index in [2.05, 4.69) is 22.1 Å². The summed E-state index contributed by atoms with van der Waals surface area (Å²) in [7, 11) is 0. The standard InChI is InChI=1S/C16H14N2O/c1-13-6-8-15(9-7-13)16(19)18-11-3-5-14-4-2-10-17-12-14/h2,4,6-10,12H,11H2,1H3,(H,18,19). The second-order valence-electron chi connectivity index (χ2n) is 4.09. The van der Waals surface area contributed by atoms with Crippen LogP contribution in [0.2, 0.25) is 0 Å². The number of aryl methyl sites for hydroxylation is 1. The lowest BCUT2D eigenvalue weighted by atomic mass is 10.1. The number of benzene rings is 1. The van der Waals surface area contributed by atoms with E-state index in [1.165, 1.54) is 0 Å². The molecule has 0 fully saturated rings. The lowest BCUT2D eigenvalue weighted by Gasteiger charge is -2.01. The fourth-order valence-electron chi connectivity index (χ4n) is 1.51. The Morgan fingerprint density at radius 2 is 2.05 bits per heavy atom. The minimum atomic E-state index is -0.111. The third kappa shape index (κ3) is 3.97. The summed E-state index contributed by atoms with van der Waals surface area (Å²) < 4.78 is 0. The number of amides is 1. The van der Waals surface area contributed by atoms with Crippen molar-refractivity contribution in [3.05, 3.63) is 65.5 Å². The predicted molar refractivity (Wildman–Crippen MR) is 74.6 cm³/mol. The van der Waals surface area contributed by atoms with Gasteiger partial charge in [-0.25, -0.2) is 0 Å². The van der Waals surface area contributed by atoms with Crippen molar-refractivity contribution >= 4 is 5.91 Å². The van der Waals surface area contributed by atoms with E-state index in [1.54, 1.807) is 24.5 Å². The summed E-state index contributed by atoms with van der Waals surface area (Å²) in [4.78, 5) is 15.7. The maximum absolute atomic E-state index is 11.8. The Labute approximate surface area is 112 Å². The molecule has 3 heteroatoms. The molecule has 1 aromatic heterocycles. The zero-order valence-corrected chi connectivity index (χ0v) is 10.7. The molecular formula is C16H14N2O. The van der Waals surface area contributed by atoms with Crippen LogP contribution in [-0.4, -0.2) is 17.4 Å². The number of pyridine rings is 1. The normalized spacial score (nSPS) is 9.32. The highest BCUT2D eigenvalue weighted by atomic mass is 16.1. The molecule has 0 aliphatic carbocycles. The van der Waals surface area contributed by atoms with E-state index in [1.807, 2.05) is 31.2 Å².